The zero-order chi connectivity index (χ0) is 30.6. The number of carbonyl (C=O) groups is 2. The average molecular weight is 744 g/mol. The summed E-state index contributed by atoms with van der Waals surface area (Å²) in [5.41, 5.74) is 6.93. The van der Waals surface area contributed by atoms with E-state index in [1.807, 2.05) is 22.6 Å². The Morgan fingerprint density at radius 2 is 1.25 bits per heavy atom. The molecule has 2 rings (SSSR count). The molecular formula is C27H35Cl2F2IN2O4Si2. The first-order valence-corrected chi connectivity index (χ1v) is 20.0. The van der Waals surface area contributed by atoms with Crippen LogP contribution in [0.1, 0.15) is 13.0 Å². The van der Waals surface area contributed by atoms with E-state index >= 15 is 0 Å². The predicted molar refractivity (Wildman–Crippen MR) is 177 cm³/mol. The summed E-state index contributed by atoms with van der Waals surface area (Å²) in [7, 11) is -0.226. The molecule has 0 spiro atoms. The molecule has 0 bridgehead atoms. The summed E-state index contributed by atoms with van der Waals surface area (Å²) in [6.45, 7) is 12.7. The van der Waals surface area contributed by atoms with E-state index in [2.05, 4.69) is 76.4 Å². The van der Waals surface area contributed by atoms with Crippen molar-refractivity contribution in [2.24, 2.45) is 0 Å². The number of halogens is 5. The molecule has 0 atom stereocenters. The molecule has 220 valence electrons. The van der Waals surface area contributed by atoms with Gasteiger partial charge in [0.15, 0.2) is 0 Å². The molecule has 0 fully saturated rings. The van der Waals surface area contributed by atoms with Gasteiger partial charge in [0.1, 0.15) is 27.8 Å². The maximum atomic E-state index is 13.4. The third-order valence-corrected chi connectivity index (χ3v) is 7.13. The molecule has 0 saturated heterocycles. The van der Waals surface area contributed by atoms with Crippen LogP contribution in [0.4, 0.5) is 29.7 Å². The Morgan fingerprint density at radius 1 is 0.850 bits per heavy atom. The van der Waals surface area contributed by atoms with Gasteiger partial charge in [0.25, 0.3) is 0 Å². The minimum Gasteiger partial charge on any atom is -0.453 e. The maximum Gasteiger partial charge on any atom is 0.411 e. The molecule has 0 unspecified atom stereocenters. The van der Waals surface area contributed by atoms with Crippen LogP contribution in [0.25, 0.3) is 0 Å². The molecule has 0 aliphatic heterocycles. The van der Waals surface area contributed by atoms with Gasteiger partial charge in [-0.1, -0.05) is 75.8 Å². The van der Waals surface area contributed by atoms with Gasteiger partial charge in [0.05, 0.1) is 35.6 Å². The minimum atomic E-state index is -1.58. The van der Waals surface area contributed by atoms with Crippen LogP contribution in [0.2, 0.25) is 49.3 Å². The van der Waals surface area contributed by atoms with Crippen molar-refractivity contribution in [1.29, 1.82) is 0 Å². The molecule has 2 aromatic carbocycles. The zero-order valence-electron chi connectivity index (χ0n) is 22.9. The highest BCUT2D eigenvalue weighted by molar-refractivity contribution is 14.1. The molecule has 0 radical (unpaired) electrons. The number of carbonyl (C=O) groups excluding carboxylic acids is 2. The Kier molecular flexibility index (Phi) is 18.1. The first-order chi connectivity index (χ1) is 17.8. The Hall–Kier alpha value is -2.30. The Balaban J connectivity index is 0. The highest BCUT2D eigenvalue weighted by Gasteiger charge is 2.13. The van der Waals surface area contributed by atoms with Gasteiger partial charge in [-0.15, -0.1) is 17.5 Å². The maximum absolute atomic E-state index is 13.4. The van der Waals surface area contributed by atoms with E-state index in [9.17, 15) is 18.4 Å². The van der Waals surface area contributed by atoms with E-state index in [1.54, 1.807) is 0 Å². The largest absolute Gasteiger partial charge is 0.453 e. The monoisotopic (exact) mass is 742 g/mol. The normalized spacial score (nSPS) is 9.90. The van der Waals surface area contributed by atoms with Gasteiger partial charge in [0.2, 0.25) is 0 Å². The zero-order valence-corrected chi connectivity index (χ0v) is 28.6. The van der Waals surface area contributed by atoms with Crippen molar-refractivity contribution >= 4 is 85.5 Å². The third-order valence-electron chi connectivity index (χ3n) is 3.92. The lowest BCUT2D eigenvalue weighted by atomic mass is 10.2. The Labute approximate surface area is 262 Å². The number of ether oxygens (including phenoxy) is 2. The van der Waals surface area contributed by atoms with Crippen molar-refractivity contribution in [3.8, 4) is 23.4 Å². The molecule has 0 saturated carbocycles. The van der Waals surface area contributed by atoms with Crippen LogP contribution in [0.15, 0.2) is 24.3 Å². The molecule has 0 heterocycles. The van der Waals surface area contributed by atoms with Crippen molar-refractivity contribution in [3.05, 3.63) is 55.1 Å². The highest BCUT2D eigenvalue weighted by atomic mass is 127. The molecule has 2 amide bonds. The first kappa shape index (κ1) is 39.8. The quantitative estimate of drug-likeness (QED) is 0.139. The van der Waals surface area contributed by atoms with Crippen molar-refractivity contribution < 1.29 is 27.8 Å². The fraction of sp³-hybridized carbons (Fsp3) is 0.333. The number of rotatable bonds is 2. The molecule has 6 nitrogen and oxygen atoms in total. The number of methoxy groups -OCH3 is 2. The molecule has 2 N–H and O–H groups in total. The second-order valence-electron chi connectivity index (χ2n) is 9.69. The van der Waals surface area contributed by atoms with Gasteiger partial charge in [-0.05, 0) is 34.7 Å². The molecule has 0 aliphatic rings. The number of amides is 2. The van der Waals surface area contributed by atoms with Crippen LogP contribution < -0.4 is 10.6 Å². The number of terminal acetylenes is 1. The number of anilines is 2. The van der Waals surface area contributed by atoms with Crippen LogP contribution in [0.5, 0.6) is 0 Å². The molecular weight excluding hydrogens is 708 g/mol. The van der Waals surface area contributed by atoms with Crippen LogP contribution in [-0.4, -0.2) is 42.6 Å². The van der Waals surface area contributed by atoms with E-state index in [-0.39, 0.29) is 23.2 Å². The third kappa shape index (κ3) is 16.7. The molecule has 13 heteroatoms. The summed E-state index contributed by atoms with van der Waals surface area (Å²) in [5, 5.41) is 4.76. The van der Waals surface area contributed by atoms with Crippen molar-refractivity contribution in [2.75, 3.05) is 24.9 Å². The summed E-state index contributed by atoms with van der Waals surface area (Å²) >= 11 is 13.2. The average Bonchev–Trinajstić information content (AvgIpc) is 2.83. The standard InChI is InChI=1S/C13H15ClFNO2Si.C8H6ClFINO2.C5H10Si.CH4/c1-18-13(17)16-12-8-11(15)10(14)7-9(12)5-6-19(2,3)4;1-14-8(13)12-7-3-5(10)4(9)2-6(7)11;1-5-6(2,3)4;/h7-8H,1-4H3,(H,16,17);2-3H,1H3,(H,12,13);1H,2-4H3;1H4. The number of nitrogens with one attached hydrogen (secondary N) is 2. The van der Waals surface area contributed by atoms with Crippen molar-refractivity contribution in [2.45, 2.75) is 46.7 Å². The molecule has 0 aliphatic carbocycles. The molecule has 0 aromatic heterocycles. The lowest BCUT2D eigenvalue weighted by Gasteiger charge is -2.09. The highest BCUT2D eigenvalue weighted by Crippen LogP contribution is 2.26. The molecule has 2 aromatic rings. The van der Waals surface area contributed by atoms with Crippen LogP contribution >= 0.6 is 45.8 Å². The first-order valence-electron chi connectivity index (χ1n) is 11.2. The summed E-state index contributed by atoms with van der Waals surface area (Å²) < 4.78 is 35.9. The fourth-order valence-electron chi connectivity index (χ4n) is 1.95. The van der Waals surface area contributed by atoms with Gasteiger partial charge < -0.3 is 9.47 Å². The van der Waals surface area contributed by atoms with Gasteiger partial charge in [-0.2, -0.15) is 0 Å². The van der Waals surface area contributed by atoms with E-state index < -0.39 is 40.0 Å². The minimum absolute atomic E-state index is 0. The van der Waals surface area contributed by atoms with Gasteiger partial charge in [-0.25, -0.2) is 18.4 Å². The van der Waals surface area contributed by atoms with Crippen LogP contribution in [-0.2, 0) is 9.47 Å². The van der Waals surface area contributed by atoms with Crippen molar-refractivity contribution in [1.82, 2.24) is 0 Å². The van der Waals surface area contributed by atoms with Crippen LogP contribution in [0.3, 0.4) is 0 Å². The second kappa shape index (κ2) is 18.2. The smallest absolute Gasteiger partial charge is 0.411 e. The fourth-order valence-corrected chi connectivity index (χ4v) is 3.57. The van der Waals surface area contributed by atoms with Gasteiger partial charge in [0, 0.05) is 21.3 Å². The number of hydrogen-bond donors (Lipinski definition) is 2. The topological polar surface area (TPSA) is 76.7 Å². The second-order valence-corrected chi connectivity index (χ2v) is 21.2. The number of hydrogen-bond acceptors (Lipinski definition) is 4. The Bertz CT molecular complexity index is 1280. The predicted octanol–water partition coefficient (Wildman–Crippen LogP) is 9.28. The Morgan fingerprint density at radius 3 is 1.65 bits per heavy atom. The van der Waals surface area contributed by atoms with E-state index in [0.717, 1.165) is 12.1 Å². The summed E-state index contributed by atoms with van der Waals surface area (Å²) in [4.78, 5) is 22.0. The van der Waals surface area contributed by atoms with Crippen molar-refractivity contribution in [3.63, 3.8) is 0 Å². The van der Waals surface area contributed by atoms with Gasteiger partial charge >= 0.3 is 12.2 Å². The van der Waals surface area contributed by atoms with E-state index in [1.165, 1.54) is 26.4 Å². The summed E-state index contributed by atoms with van der Waals surface area (Å²) in [6, 6.07) is 5.09. The van der Waals surface area contributed by atoms with Crippen LogP contribution in [0, 0.1) is 38.6 Å². The molecule has 40 heavy (non-hydrogen) atoms. The SMILES string of the molecule is C.C#C[Si](C)(C)C.COC(=O)Nc1cc(F)c(Cl)cc1C#C[Si](C)(C)C.COC(=O)Nc1cc(F)c(Cl)cc1I. The van der Waals surface area contributed by atoms with E-state index in [0.29, 0.717) is 14.8 Å². The summed E-state index contributed by atoms with van der Waals surface area (Å²) in [5.74, 6) is 1.74. The van der Waals surface area contributed by atoms with E-state index in [4.69, 9.17) is 29.6 Å². The number of benzene rings is 2. The lowest BCUT2D eigenvalue weighted by molar-refractivity contribution is 0.186. The van der Waals surface area contributed by atoms with Gasteiger partial charge in [-0.3, -0.25) is 10.6 Å². The lowest BCUT2D eigenvalue weighted by Crippen LogP contribution is -2.16. The summed E-state index contributed by atoms with van der Waals surface area (Å²) in [6.07, 6.45) is 3.79.